The molecule has 1 amide bonds. The number of hydrogen-bond acceptors (Lipinski definition) is 21. The van der Waals surface area contributed by atoms with E-state index in [4.69, 9.17) is 62.2 Å². The van der Waals surface area contributed by atoms with Crippen LogP contribution in [0.5, 0.6) is 0 Å². The average Bonchev–Trinajstić information content (AvgIpc) is 1.78. The van der Waals surface area contributed by atoms with Crippen molar-refractivity contribution in [1.82, 2.24) is 59.6 Å². The van der Waals surface area contributed by atoms with Crippen molar-refractivity contribution in [2.45, 2.75) is 78.4 Å². The first-order chi connectivity index (χ1) is 47.1. The van der Waals surface area contributed by atoms with Crippen LogP contribution in [0.3, 0.4) is 0 Å². The van der Waals surface area contributed by atoms with Gasteiger partial charge in [-0.25, -0.2) is 4.98 Å². The van der Waals surface area contributed by atoms with E-state index in [2.05, 4.69) is 99.0 Å². The Morgan fingerprint density at radius 2 is 1.08 bits per heavy atom. The van der Waals surface area contributed by atoms with Crippen molar-refractivity contribution >= 4 is 127 Å². The van der Waals surface area contributed by atoms with Gasteiger partial charge < -0.3 is 42.4 Å². The number of nitrogens with one attached hydrogen (secondary N) is 4. The van der Waals surface area contributed by atoms with E-state index in [1.165, 1.54) is 17.5 Å². The minimum atomic E-state index is -0.261. The molecule has 0 saturated carbocycles. The van der Waals surface area contributed by atoms with Crippen LogP contribution in [-0.4, -0.2) is 129 Å². The molecule has 9 heterocycles. The summed E-state index contributed by atoms with van der Waals surface area (Å²) < 4.78 is 17.6. The van der Waals surface area contributed by atoms with E-state index < -0.39 is 0 Å². The van der Waals surface area contributed by atoms with Crippen LogP contribution in [0.25, 0.3) is 0 Å². The minimum absolute atomic E-state index is 0. The van der Waals surface area contributed by atoms with E-state index in [0.717, 1.165) is 28.5 Å². The molecular formula is C67H78Cl2N20NaO5S4+. The summed E-state index contributed by atoms with van der Waals surface area (Å²) in [5.74, 6) is 2.84. The summed E-state index contributed by atoms with van der Waals surface area (Å²) in [4.78, 5) is 43.2. The number of carbonyl (C=O) groups excluding carboxylic acids is 2. The first-order valence-electron chi connectivity index (χ1n) is 30.0. The van der Waals surface area contributed by atoms with Gasteiger partial charge in [0, 0.05) is 158 Å². The zero-order valence-electron chi connectivity index (χ0n) is 55.8. The van der Waals surface area contributed by atoms with Crippen molar-refractivity contribution in [2.24, 2.45) is 16.6 Å². The Hall–Kier alpha value is -8.74. The molecule has 0 aliphatic carbocycles. The second-order valence-electron chi connectivity index (χ2n) is 19.8. The Labute approximate surface area is 627 Å². The first-order valence-corrected chi connectivity index (χ1v) is 33.8. The van der Waals surface area contributed by atoms with Crippen molar-refractivity contribution in [1.29, 1.82) is 5.26 Å². The molecule has 11 rings (SSSR count). The predicted octanol–water partition coefficient (Wildman–Crippen LogP) is 9.89. The van der Waals surface area contributed by atoms with Gasteiger partial charge in [-0.15, -0.1) is 34.5 Å². The van der Waals surface area contributed by atoms with Gasteiger partial charge in [0.15, 0.2) is 51.2 Å². The summed E-state index contributed by atoms with van der Waals surface area (Å²) in [5.41, 5.74) is 16.7. The average molecular weight is 1470 g/mol. The Morgan fingerprint density at radius 3 is 1.47 bits per heavy atom. The number of amides is 1. The van der Waals surface area contributed by atoms with Crippen molar-refractivity contribution in [2.75, 3.05) is 41.4 Å². The van der Waals surface area contributed by atoms with Crippen LogP contribution in [0.1, 0.15) is 115 Å². The monoisotopic (exact) mass is 1460 g/mol. The van der Waals surface area contributed by atoms with Crippen LogP contribution < -0.4 is 62.3 Å². The molecule has 0 saturated heterocycles. The molecule has 2 aromatic carbocycles. The van der Waals surface area contributed by atoms with Gasteiger partial charge in [-0.2, -0.15) is 20.6 Å². The van der Waals surface area contributed by atoms with E-state index in [1.807, 2.05) is 142 Å². The van der Waals surface area contributed by atoms with Crippen LogP contribution in [0.4, 0.5) is 22.6 Å². The number of pyridine rings is 4. The number of thiocyanates is 1. The Kier molecular flexibility index (Phi) is 41.0. The molecule has 4 atom stereocenters. The summed E-state index contributed by atoms with van der Waals surface area (Å²) in [6.07, 6.45) is 25.7. The molecule has 99 heavy (non-hydrogen) atoms. The molecule has 514 valence electrons. The predicted molar refractivity (Wildman–Crippen MR) is 397 cm³/mol. The number of ether oxygens (including phenoxy) is 2. The van der Waals surface area contributed by atoms with Gasteiger partial charge in [0.2, 0.25) is 11.2 Å². The maximum absolute atomic E-state index is 12.1. The molecule has 4 unspecified atom stereocenters. The topological polar surface area (TPSA) is 340 Å². The summed E-state index contributed by atoms with van der Waals surface area (Å²) in [6.45, 7) is 13.4. The minimum Gasteiger partial charge on any atom is -0.870 e. The number of anilines is 4. The molecule has 1 aliphatic rings. The largest absolute Gasteiger partial charge is 1.00 e. The number of hydrazone groups is 1. The van der Waals surface area contributed by atoms with Crippen LogP contribution in [0.2, 0.25) is 0 Å². The smallest absolute Gasteiger partial charge is 0.870 e. The third-order valence-corrected chi connectivity index (χ3v) is 15.1. The fourth-order valence-electron chi connectivity index (χ4n) is 8.32. The second kappa shape index (κ2) is 48.1. The van der Waals surface area contributed by atoms with E-state index >= 15 is 0 Å². The molecule has 0 radical (unpaired) electrons. The normalized spacial score (nSPS) is 11.8. The number of thiocarbonyl (C=S) groups is 2. The molecule has 0 spiro atoms. The maximum atomic E-state index is 12.1. The molecule has 0 fully saturated rings. The number of nitrogens with zero attached hydrogens (tertiary/aromatic N) is 14. The number of benzene rings is 2. The van der Waals surface area contributed by atoms with Crippen molar-refractivity contribution in [3.8, 4) is 5.40 Å². The zero-order chi connectivity index (χ0) is 70.2. The number of nitrogens with two attached hydrogens (primary N) is 2. The van der Waals surface area contributed by atoms with E-state index in [-0.39, 0.29) is 86.7 Å². The summed E-state index contributed by atoms with van der Waals surface area (Å²) in [5, 5.41) is 42.0. The Morgan fingerprint density at radius 1 is 0.657 bits per heavy atom. The van der Waals surface area contributed by atoms with Crippen LogP contribution >= 0.6 is 70.7 Å². The third-order valence-electron chi connectivity index (χ3n) is 13.3. The second-order valence-corrected chi connectivity index (χ2v) is 22.6. The number of carbonyl (C=O) groups is 2. The van der Waals surface area contributed by atoms with Crippen LogP contribution in [0, 0.1) is 10.7 Å². The number of nitriles is 1. The van der Waals surface area contributed by atoms with E-state index in [1.54, 1.807) is 127 Å². The van der Waals surface area contributed by atoms with Gasteiger partial charge in [-0.1, -0.05) is 53.2 Å². The quantitative estimate of drug-likeness (QED) is 0.0109. The summed E-state index contributed by atoms with van der Waals surface area (Å²) in [7, 11) is 0. The van der Waals surface area contributed by atoms with E-state index in [0.29, 0.717) is 59.5 Å². The van der Waals surface area contributed by atoms with Gasteiger partial charge in [-0.3, -0.25) is 48.9 Å². The van der Waals surface area contributed by atoms with Crippen LogP contribution in [-0.2, 0) is 9.47 Å². The van der Waals surface area contributed by atoms with Gasteiger partial charge in [0.1, 0.15) is 5.40 Å². The SMILES string of the molecule is CC(c1ccncc1)[N+]1=CCC(N)=N1.CC(c1ccncc1)n1ccc(NC(=S)NC(=O)c2ccccc2)n1.CC(c1ccncc1)n1ccc(NC(N)=S)n1.CC(c1ccncc1)n1ccc(Nc2nccs2)n1.CCOC(CCl)OCC.CCl.N#CSC(=O)c1ccccc1.[Na+].[OH-]. The maximum Gasteiger partial charge on any atom is 1.00 e. The van der Waals surface area contributed by atoms with Crippen molar-refractivity contribution in [3.05, 3.63) is 241 Å². The molecule has 32 heteroatoms. The summed E-state index contributed by atoms with van der Waals surface area (Å²) >= 11 is 22.3. The number of halogens is 2. The standard InChI is InChI=1S/C18H17N5OS.C13H13N5S.C11H13N5S.C10H13N4.C8H5NOS.C6H13ClO2.CH3Cl.Na.H2O/c1-13(14-7-10-19-11-8-14)23-12-9-16(22-23)20-18(25)21-17(24)15-5-3-2-4-6-15;1-10(11-2-5-14-6-3-11)18-8-4-12(17-18)16-13-15-7-9-19-13;1-8(9-2-5-13-6-3-9)16-7-4-10(15-16)14-11(12)17;1-8(9-2-5-12-6-3-9)14-7-4-10(11)13-14;9-6-11-8(10)7-4-2-1-3-5-7;1-3-8-6(5-7)9-4-2;1-2;;/h2-13H,1H3,(H2,20,21,22,24,25);2-10H,1H3,(H,15,16,17);2-8H,1H3,(H3,12,14,15,17);2-3,5-8H,4H2,1H3,(H2,11,13);1-5H;6H,3-5H2,1-2H3;1H3;;1H2/q;;;+1;;;;+1;/p-1. The van der Waals surface area contributed by atoms with Gasteiger partial charge in [0.05, 0.1) is 30.4 Å². The van der Waals surface area contributed by atoms with Gasteiger partial charge in [0.25, 0.3) is 5.91 Å². The number of amidine groups is 1. The number of thiazole rings is 1. The number of alkyl halides is 2. The molecule has 8 aromatic heterocycles. The molecule has 1 aliphatic heterocycles. The Bertz CT molecular complexity index is 3990. The molecule has 0 bridgehead atoms. The number of hydrogen-bond donors (Lipinski definition) is 6. The number of thioether (sulfide) groups is 1. The molecule has 10 aromatic rings. The number of rotatable bonds is 19. The van der Waals surface area contributed by atoms with Crippen LogP contribution in [0.15, 0.2) is 212 Å². The first kappa shape index (κ1) is 84.5. The van der Waals surface area contributed by atoms with Crippen molar-refractivity contribution < 1.29 is 58.8 Å². The molecule has 25 nitrogen and oxygen atoms in total. The zero-order valence-corrected chi connectivity index (χ0v) is 62.6. The van der Waals surface area contributed by atoms with Gasteiger partial charge in [-0.05, 0) is 136 Å². The summed E-state index contributed by atoms with van der Waals surface area (Å²) in [6, 6.07) is 39.6. The van der Waals surface area contributed by atoms with E-state index in [9.17, 15) is 9.59 Å². The van der Waals surface area contributed by atoms with Crippen molar-refractivity contribution in [3.63, 3.8) is 0 Å². The number of aromatic nitrogens is 11. The molecule has 9 N–H and O–H groups in total. The third kappa shape index (κ3) is 30.5. The Balaban J connectivity index is 0.000000315. The fraction of sp³-hybridized carbons (Fsp3) is 0.239. The molecular weight excluding hydrogens is 1390 g/mol. The van der Waals surface area contributed by atoms with Gasteiger partial charge >= 0.3 is 29.6 Å². The fourth-order valence-corrected chi connectivity index (χ4v) is 9.67.